The minimum Gasteiger partial charge on any atom is -0.441 e. The van der Waals surface area contributed by atoms with Crippen LogP contribution in [0.1, 0.15) is 25.7 Å². The molecule has 3 nitrogen and oxygen atoms in total. The fourth-order valence-corrected chi connectivity index (χ4v) is 1.43. The average Bonchev–Trinajstić information content (AvgIpc) is 2.56. The number of hydrogen-bond acceptors (Lipinski definition) is 3. The number of rotatable bonds is 3. The molecular weight excluding hydrogens is 176 g/mol. The lowest BCUT2D eigenvalue weighted by Gasteiger charge is -1.89. The number of oxazole rings is 1. The Balaban J connectivity index is 2.32. The molecule has 14 heavy (non-hydrogen) atoms. The lowest BCUT2D eigenvalue weighted by atomic mass is 10.2. The van der Waals surface area contributed by atoms with Gasteiger partial charge >= 0.3 is 0 Å². The van der Waals surface area contributed by atoms with Crippen LogP contribution in [0.25, 0.3) is 11.1 Å². The minimum absolute atomic E-state index is 0.729. The molecule has 0 fully saturated rings. The van der Waals surface area contributed by atoms with Crippen LogP contribution in [0, 0.1) is 0 Å². The summed E-state index contributed by atoms with van der Waals surface area (Å²) in [4.78, 5) is 4.36. The Morgan fingerprint density at radius 3 is 3.07 bits per heavy atom. The summed E-state index contributed by atoms with van der Waals surface area (Å²) < 4.78 is 5.56. The average molecular weight is 190 g/mol. The van der Waals surface area contributed by atoms with Gasteiger partial charge in [0.05, 0.1) is 0 Å². The van der Waals surface area contributed by atoms with Crippen molar-refractivity contribution >= 4 is 16.8 Å². The molecule has 0 saturated heterocycles. The second kappa shape index (κ2) is 3.70. The molecule has 0 aliphatic heterocycles. The Hall–Kier alpha value is -1.51. The summed E-state index contributed by atoms with van der Waals surface area (Å²) in [5.41, 5.74) is 8.06. The van der Waals surface area contributed by atoms with E-state index < -0.39 is 0 Å². The third-order valence-corrected chi connectivity index (χ3v) is 2.20. The van der Waals surface area contributed by atoms with E-state index in [0.29, 0.717) is 0 Å². The van der Waals surface area contributed by atoms with Gasteiger partial charge < -0.3 is 10.2 Å². The zero-order valence-corrected chi connectivity index (χ0v) is 8.29. The molecule has 0 bridgehead atoms. The van der Waals surface area contributed by atoms with E-state index in [4.69, 9.17) is 10.2 Å². The van der Waals surface area contributed by atoms with Crippen LogP contribution in [-0.4, -0.2) is 4.98 Å². The summed E-state index contributed by atoms with van der Waals surface area (Å²) in [5.74, 6) is 0.812. The Morgan fingerprint density at radius 1 is 1.43 bits per heavy atom. The third kappa shape index (κ3) is 1.71. The molecule has 0 unspecified atom stereocenters. The second-order valence-electron chi connectivity index (χ2n) is 3.44. The highest BCUT2D eigenvalue weighted by Gasteiger charge is 2.04. The number of benzene rings is 1. The van der Waals surface area contributed by atoms with Crippen LogP contribution < -0.4 is 5.73 Å². The van der Waals surface area contributed by atoms with Gasteiger partial charge in [-0.15, -0.1) is 0 Å². The van der Waals surface area contributed by atoms with Crippen LogP contribution in [0.4, 0.5) is 5.69 Å². The molecule has 1 aromatic heterocycles. The summed E-state index contributed by atoms with van der Waals surface area (Å²) in [6, 6.07) is 5.54. The quantitative estimate of drug-likeness (QED) is 0.757. The first kappa shape index (κ1) is 9.06. The lowest BCUT2D eigenvalue weighted by Crippen LogP contribution is -1.84. The van der Waals surface area contributed by atoms with Crippen LogP contribution in [0.2, 0.25) is 0 Å². The first-order valence-corrected chi connectivity index (χ1v) is 4.94. The summed E-state index contributed by atoms with van der Waals surface area (Å²) in [7, 11) is 0. The van der Waals surface area contributed by atoms with Gasteiger partial charge in [0.1, 0.15) is 5.52 Å². The van der Waals surface area contributed by atoms with E-state index in [0.717, 1.165) is 41.9 Å². The molecule has 2 aromatic rings. The van der Waals surface area contributed by atoms with Gasteiger partial charge in [-0.3, -0.25) is 0 Å². The smallest absolute Gasteiger partial charge is 0.195 e. The van der Waals surface area contributed by atoms with Crippen molar-refractivity contribution in [2.45, 2.75) is 26.2 Å². The van der Waals surface area contributed by atoms with Crippen molar-refractivity contribution in [3.8, 4) is 0 Å². The molecule has 1 aromatic carbocycles. The van der Waals surface area contributed by atoms with Crippen molar-refractivity contribution in [3.05, 3.63) is 24.1 Å². The lowest BCUT2D eigenvalue weighted by molar-refractivity contribution is 0.517. The zero-order chi connectivity index (χ0) is 9.97. The Labute approximate surface area is 82.9 Å². The number of aryl methyl sites for hydroxylation is 1. The van der Waals surface area contributed by atoms with E-state index in [1.54, 1.807) is 0 Å². The molecule has 0 amide bonds. The molecule has 0 radical (unpaired) electrons. The van der Waals surface area contributed by atoms with Crippen molar-refractivity contribution in [3.63, 3.8) is 0 Å². The fraction of sp³-hybridized carbons (Fsp3) is 0.364. The van der Waals surface area contributed by atoms with Gasteiger partial charge in [0, 0.05) is 12.1 Å². The van der Waals surface area contributed by atoms with Crippen molar-refractivity contribution in [1.29, 1.82) is 0 Å². The molecule has 0 spiro atoms. The van der Waals surface area contributed by atoms with Gasteiger partial charge in [0.25, 0.3) is 0 Å². The van der Waals surface area contributed by atoms with Crippen LogP contribution in [0.5, 0.6) is 0 Å². The number of fused-ring (bicyclic) bond motifs is 1. The summed E-state index contributed by atoms with van der Waals surface area (Å²) >= 11 is 0. The van der Waals surface area contributed by atoms with E-state index in [1.165, 1.54) is 0 Å². The maximum atomic E-state index is 5.65. The zero-order valence-electron chi connectivity index (χ0n) is 8.29. The number of unbranched alkanes of at least 4 members (excludes halogenated alkanes) is 1. The largest absolute Gasteiger partial charge is 0.441 e. The standard InChI is InChI=1S/C11H14N2O/c1-2-3-4-11-13-9-7-8(12)5-6-10(9)14-11/h5-7H,2-4,12H2,1H3. The predicted octanol–water partition coefficient (Wildman–Crippen LogP) is 2.75. The summed E-state index contributed by atoms with van der Waals surface area (Å²) in [6.45, 7) is 2.15. The highest BCUT2D eigenvalue weighted by atomic mass is 16.3. The summed E-state index contributed by atoms with van der Waals surface area (Å²) in [6.07, 6.45) is 3.17. The second-order valence-corrected chi connectivity index (χ2v) is 3.44. The summed E-state index contributed by atoms with van der Waals surface area (Å²) in [5, 5.41) is 0. The number of anilines is 1. The van der Waals surface area contributed by atoms with Crippen molar-refractivity contribution in [2.75, 3.05) is 5.73 Å². The van der Waals surface area contributed by atoms with Gasteiger partial charge in [-0.2, -0.15) is 0 Å². The van der Waals surface area contributed by atoms with Crippen molar-refractivity contribution in [1.82, 2.24) is 4.98 Å². The number of hydrogen-bond donors (Lipinski definition) is 1. The fourth-order valence-electron chi connectivity index (χ4n) is 1.43. The molecule has 74 valence electrons. The van der Waals surface area contributed by atoms with Crippen LogP contribution in [-0.2, 0) is 6.42 Å². The molecule has 1 heterocycles. The molecule has 3 heteroatoms. The monoisotopic (exact) mass is 190 g/mol. The van der Waals surface area contributed by atoms with E-state index in [9.17, 15) is 0 Å². The SMILES string of the molecule is CCCCc1nc2cc(N)ccc2o1. The normalized spacial score (nSPS) is 10.9. The maximum Gasteiger partial charge on any atom is 0.195 e. The number of nitrogens with two attached hydrogens (primary N) is 1. The predicted molar refractivity (Wildman–Crippen MR) is 57.0 cm³/mol. The Bertz CT molecular complexity index is 434. The Kier molecular flexibility index (Phi) is 2.39. The highest BCUT2D eigenvalue weighted by Crippen LogP contribution is 2.19. The van der Waals surface area contributed by atoms with Gasteiger partial charge in [-0.1, -0.05) is 13.3 Å². The van der Waals surface area contributed by atoms with Crippen LogP contribution in [0.3, 0.4) is 0 Å². The van der Waals surface area contributed by atoms with Gasteiger partial charge in [0.15, 0.2) is 11.5 Å². The highest BCUT2D eigenvalue weighted by molar-refractivity contribution is 5.76. The van der Waals surface area contributed by atoms with E-state index in [1.807, 2.05) is 18.2 Å². The maximum absolute atomic E-state index is 5.65. The molecule has 0 saturated carbocycles. The molecule has 2 N–H and O–H groups in total. The molecule has 0 atom stereocenters. The van der Waals surface area contributed by atoms with Crippen molar-refractivity contribution < 1.29 is 4.42 Å². The molecular formula is C11H14N2O. The molecule has 2 rings (SSSR count). The molecule has 0 aliphatic carbocycles. The third-order valence-electron chi connectivity index (χ3n) is 2.20. The molecule has 0 aliphatic rings. The minimum atomic E-state index is 0.729. The van der Waals surface area contributed by atoms with Crippen LogP contribution >= 0.6 is 0 Å². The number of nitrogen functional groups attached to an aromatic ring is 1. The first-order valence-electron chi connectivity index (χ1n) is 4.94. The van der Waals surface area contributed by atoms with Gasteiger partial charge in [0.2, 0.25) is 0 Å². The Morgan fingerprint density at radius 2 is 2.29 bits per heavy atom. The van der Waals surface area contributed by atoms with Crippen molar-refractivity contribution in [2.24, 2.45) is 0 Å². The topological polar surface area (TPSA) is 52.0 Å². The van der Waals surface area contributed by atoms with E-state index >= 15 is 0 Å². The van der Waals surface area contributed by atoms with Gasteiger partial charge in [-0.25, -0.2) is 4.98 Å². The van der Waals surface area contributed by atoms with Gasteiger partial charge in [-0.05, 0) is 24.6 Å². The van der Waals surface area contributed by atoms with E-state index in [2.05, 4.69) is 11.9 Å². The number of nitrogens with zero attached hydrogens (tertiary/aromatic N) is 1. The number of aromatic nitrogens is 1. The van der Waals surface area contributed by atoms with Crippen LogP contribution in [0.15, 0.2) is 22.6 Å². The van der Waals surface area contributed by atoms with E-state index in [-0.39, 0.29) is 0 Å². The first-order chi connectivity index (χ1) is 6.79.